The fraction of sp³-hybridized carbons (Fsp3) is 0.600. The van der Waals surface area contributed by atoms with Gasteiger partial charge in [-0.05, 0) is 13.8 Å². The Morgan fingerprint density at radius 3 is 1.00 bits per heavy atom. The molecule has 0 bridgehead atoms. The Labute approximate surface area is 75.5 Å². The van der Waals surface area contributed by atoms with E-state index in [-0.39, 0.29) is 17.1 Å². The summed E-state index contributed by atoms with van der Waals surface area (Å²) in [6, 6.07) is 0. The van der Waals surface area contributed by atoms with Gasteiger partial charge in [0.15, 0.2) is 0 Å². The zero-order chi connectivity index (χ0) is 9.15. The Bertz CT molecular complexity index is 72.9. The van der Waals surface area contributed by atoms with Crippen molar-refractivity contribution in [1.29, 1.82) is 0 Å². The maximum atomic E-state index is 8.89. The van der Waals surface area contributed by atoms with Crippen LogP contribution in [0, 0.1) is 0 Å². The molecule has 0 amide bonds. The average Bonchev–Trinajstić information content (AvgIpc) is 1.66. The number of hydrogen-bond acceptors (Lipinski definition) is 5. The molecule has 0 saturated carbocycles. The van der Waals surface area contributed by atoms with Crippen LogP contribution in [0.1, 0.15) is 13.8 Å². The van der Waals surface area contributed by atoms with E-state index in [0.717, 1.165) is 21.0 Å². The fourth-order valence-corrected chi connectivity index (χ4v) is 0. The Kier molecular flexibility index (Phi) is 46.4. The number of hydrogen-bond donors (Lipinski definition) is 1. The third-order valence-corrected chi connectivity index (χ3v) is 0. The smallest absolute Gasteiger partial charge is 0.550 e. The summed E-state index contributed by atoms with van der Waals surface area (Å²) in [6.45, 7) is 1.94. The van der Waals surface area contributed by atoms with E-state index in [0.29, 0.717) is 0 Å². The largest absolute Gasteiger partial charge is 2.00 e. The Hall–Kier alpha value is -0.581. The van der Waals surface area contributed by atoms with Gasteiger partial charge in [0.1, 0.15) is 0 Å². The summed E-state index contributed by atoms with van der Waals surface area (Å²) in [5, 5.41) is 24.8. The van der Waals surface area contributed by atoms with Crippen molar-refractivity contribution in [3.63, 3.8) is 0 Å². The Balaban J connectivity index is -0.0000000339. The third-order valence-electron chi connectivity index (χ3n) is 0. The van der Waals surface area contributed by atoms with E-state index >= 15 is 0 Å². The first-order valence-corrected chi connectivity index (χ1v) is 2.26. The molecule has 0 aromatic carbocycles. The number of rotatable bonds is 0. The molecule has 0 aliphatic rings. The first-order valence-electron chi connectivity index (χ1n) is 2.26. The second-order valence-corrected chi connectivity index (χ2v) is 0.983. The van der Waals surface area contributed by atoms with Crippen molar-refractivity contribution in [2.45, 2.75) is 13.8 Å². The van der Waals surface area contributed by atoms with E-state index in [1.165, 1.54) is 0 Å². The minimum absolute atomic E-state index is 0. The van der Waals surface area contributed by atoms with E-state index in [2.05, 4.69) is 0 Å². The van der Waals surface area contributed by atoms with Crippen molar-refractivity contribution in [3.05, 3.63) is 0 Å². The molecule has 1 radical (unpaired) electrons. The summed E-state index contributed by atoms with van der Waals surface area (Å²) in [4.78, 5) is 17.8. The van der Waals surface area contributed by atoms with Crippen LogP contribution in [-0.2, 0) is 26.7 Å². The van der Waals surface area contributed by atoms with Crippen LogP contribution in [0.4, 0.5) is 0 Å². The van der Waals surface area contributed by atoms with Crippen LogP contribution < -0.4 is 10.2 Å². The number of carbonyl (C=O) groups excluding carboxylic acids is 2. The van der Waals surface area contributed by atoms with Crippen LogP contribution in [0.15, 0.2) is 0 Å². The van der Waals surface area contributed by atoms with Gasteiger partial charge >= 0.3 is 17.1 Å². The van der Waals surface area contributed by atoms with Gasteiger partial charge in [-0.25, -0.2) is 0 Å². The molecule has 0 aromatic heterocycles. The van der Waals surface area contributed by atoms with Gasteiger partial charge in [0.05, 0.1) is 0 Å². The van der Waals surface area contributed by atoms with E-state index < -0.39 is 11.9 Å². The minimum atomic E-state index is -1.08. The van der Waals surface area contributed by atoms with Gasteiger partial charge in [-0.2, -0.15) is 0 Å². The number of carboxylic acids is 2. The van der Waals surface area contributed by atoms with Crippen LogP contribution in [0.5, 0.6) is 0 Å². The van der Waals surface area contributed by atoms with Crippen LogP contribution in [0.2, 0.25) is 0 Å². The molecular formula is C5H10CuO5. The third kappa shape index (κ3) is 1540. The Morgan fingerprint density at radius 2 is 1.00 bits per heavy atom. The standard InChI is InChI=1S/2C2H4O2.CH4O.Cu/c2*1-2(3)4;1-2;/h2*1H3,(H,3,4);2H,1H3;/q;;;+2/p-2. The molecule has 5 nitrogen and oxygen atoms in total. The normalized spacial score (nSPS) is 5.09. The van der Waals surface area contributed by atoms with Gasteiger partial charge in [0.25, 0.3) is 0 Å². The van der Waals surface area contributed by atoms with Gasteiger partial charge in [-0.1, -0.05) is 0 Å². The molecule has 71 valence electrons. The van der Waals surface area contributed by atoms with Crippen molar-refractivity contribution >= 4 is 11.9 Å². The van der Waals surface area contributed by atoms with Crippen LogP contribution in [0.25, 0.3) is 0 Å². The molecule has 0 heterocycles. The molecule has 0 aromatic rings. The molecule has 6 heteroatoms. The summed E-state index contributed by atoms with van der Waals surface area (Å²) in [5.41, 5.74) is 0. The second kappa shape index (κ2) is 22.7. The van der Waals surface area contributed by atoms with Crippen LogP contribution in [-0.4, -0.2) is 24.2 Å². The molecule has 0 atom stereocenters. The quantitative estimate of drug-likeness (QED) is 0.436. The molecule has 0 saturated heterocycles. The molecule has 1 N–H and O–H groups in total. The topological polar surface area (TPSA) is 100 Å². The minimum Gasteiger partial charge on any atom is -0.550 e. The molecule has 11 heavy (non-hydrogen) atoms. The number of aliphatic hydroxyl groups is 1. The maximum absolute atomic E-state index is 8.89. The van der Waals surface area contributed by atoms with Gasteiger partial charge < -0.3 is 24.9 Å². The first kappa shape index (κ1) is 22.4. The predicted octanol–water partition coefficient (Wildman–Crippen LogP) is -2.88. The summed E-state index contributed by atoms with van der Waals surface area (Å²) >= 11 is 0. The predicted molar refractivity (Wildman–Crippen MR) is 29.5 cm³/mol. The molecule has 0 unspecified atom stereocenters. The number of carboxylic acid groups (broad SMARTS) is 2. The van der Waals surface area contributed by atoms with Crippen molar-refractivity contribution in [2.75, 3.05) is 7.11 Å². The zero-order valence-electron chi connectivity index (χ0n) is 6.38. The van der Waals surface area contributed by atoms with E-state index in [1.54, 1.807) is 0 Å². The van der Waals surface area contributed by atoms with Crippen molar-refractivity contribution in [2.24, 2.45) is 0 Å². The van der Waals surface area contributed by atoms with Crippen molar-refractivity contribution in [3.8, 4) is 0 Å². The van der Waals surface area contributed by atoms with Crippen molar-refractivity contribution in [1.82, 2.24) is 0 Å². The second-order valence-electron chi connectivity index (χ2n) is 0.983. The summed E-state index contributed by atoms with van der Waals surface area (Å²) in [5.74, 6) is -2.17. The van der Waals surface area contributed by atoms with Gasteiger partial charge in [-0.3, -0.25) is 0 Å². The molecule has 0 rings (SSSR count). The summed E-state index contributed by atoms with van der Waals surface area (Å²) in [7, 11) is 1.00. The van der Waals surface area contributed by atoms with Crippen molar-refractivity contribution < 1.29 is 42.0 Å². The zero-order valence-corrected chi connectivity index (χ0v) is 7.32. The van der Waals surface area contributed by atoms with Crippen LogP contribution in [0.3, 0.4) is 0 Å². The van der Waals surface area contributed by atoms with E-state index in [9.17, 15) is 0 Å². The van der Waals surface area contributed by atoms with Gasteiger partial charge in [0, 0.05) is 19.0 Å². The van der Waals surface area contributed by atoms with E-state index in [4.69, 9.17) is 24.9 Å². The van der Waals surface area contributed by atoms with E-state index in [1.807, 2.05) is 0 Å². The summed E-state index contributed by atoms with van der Waals surface area (Å²) in [6.07, 6.45) is 0. The van der Waals surface area contributed by atoms with Crippen LogP contribution >= 0.6 is 0 Å². The van der Waals surface area contributed by atoms with Gasteiger partial charge in [0.2, 0.25) is 0 Å². The number of carbonyl (C=O) groups is 2. The SMILES string of the molecule is CC(=O)[O-].CC(=O)[O-].CO.[Cu+2]. The van der Waals surface area contributed by atoms with Gasteiger partial charge in [-0.15, -0.1) is 0 Å². The molecule has 0 spiro atoms. The summed E-state index contributed by atoms with van der Waals surface area (Å²) < 4.78 is 0. The monoisotopic (exact) mass is 213 g/mol. The molecule has 0 aliphatic heterocycles. The molecular weight excluding hydrogens is 204 g/mol. The fourth-order valence-electron chi connectivity index (χ4n) is 0. The first-order chi connectivity index (χ1) is 4.46. The average molecular weight is 214 g/mol. The Morgan fingerprint density at radius 1 is 1.00 bits per heavy atom. The number of aliphatic carboxylic acids is 2. The molecule has 0 aliphatic carbocycles. The number of aliphatic hydroxyl groups excluding tert-OH is 1. The maximum Gasteiger partial charge on any atom is 2.00 e. The molecule has 0 fully saturated rings.